The van der Waals surface area contributed by atoms with Crippen molar-refractivity contribution in [2.45, 2.75) is 18.9 Å². The molecule has 0 N–H and O–H groups in total. The standard InChI is InChI=1S/C14H15N7O2/c1-20-9-12(18-19-20)14(22)21-6-2-3-10(8-21)23-13-11(7-15)16-4-5-17-13/h4-5,9-10H,2-3,6,8H2,1H3. The molecule has 0 radical (unpaired) electrons. The lowest BCUT2D eigenvalue weighted by atomic mass is 10.1. The molecule has 2 aromatic heterocycles. The van der Waals surface area contributed by atoms with E-state index in [1.807, 2.05) is 6.07 Å². The molecule has 9 heteroatoms. The fourth-order valence-electron chi connectivity index (χ4n) is 2.47. The maximum Gasteiger partial charge on any atom is 0.276 e. The van der Waals surface area contributed by atoms with E-state index < -0.39 is 0 Å². The van der Waals surface area contributed by atoms with Gasteiger partial charge in [-0.1, -0.05) is 5.21 Å². The highest BCUT2D eigenvalue weighted by Crippen LogP contribution is 2.19. The van der Waals surface area contributed by atoms with Gasteiger partial charge in [0.1, 0.15) is 12.2 Å². The van der Waals surface area contributed by atoms with Crippen molar-refractivity contribution in [2.75, 3.05) is 13.1 Å². The fraction of sp³-hybridized carbons (Fsp3) is 0.429. The summed E-state index contributed by atoms with van der Waals surface area (Å²) in [6, 6.07) is 1.95. The molecule has 1 fully saturated rings. The van der Waals surface area contributed by atoms with Gasteiger partial charge in [0.25, 0.3) is 11.8 Å². The second-order valence-corrected chi connectivity index (χ2v) is 5.23. The second-order valence-electron chi connectivity index (χ2n) is 5.23. The molecule has 1 saturated heterocycles. The van der Waals surface area contributed by atoms with Crippen LogP contribution in [0, 0.1) is 11.3 Å². The lowest BCUT2D eigenvalue weighted by molar-refractivity contribution is 0.0521. The molecule has 0 aliphatic carbocycles. The van der Waals surface area contributed by atoms with Crippen molar-refractivity contribution in [3.8, 4) is 11.9 Å². The predicted molar refractivity (Wildman–Crippen MR) is 77.3 cm³/mol. The predicted octanol–water partition coefficient (Wildman–Crippen LogP) is 0.160. The molecule has 2 aromatic rings. The third-order valence-electron chi connectivity index (χ3n) is 3.54. The summed E-state index contributed by atoms with van der Waals surface area (Å²) < 4.78 is 7.26. The normalized spacial score (nSPS) is 17.6. The van der Waals surface area contributed by atoms with E-state index in [1.54, 1.807) is 18.1 Å². The number of nitriles is 1. The Kier molecular flexibility index (Phi) is 4.14. The number of rotatable bonds is 3. The summed E-state index contributed by atoms with van der Waals surface area (Å²) >= 11 is 0. The van der Waals surface area contributed by atoms with Crippen molar-refractivity contribution < 1.29 is 9.53 Å². The van der Waals surface area contributed by atoms with E-state index in [0.717, 1.165) is 12.8 Å². The third kappa shape index (κ3) is 3.26. The van der Waals surface area contributed by atoms with Gasteiger partial charge in [0.05, 0.1) is 12.7 Å². The molecule has 1 aliphatic rings. The summed E-state index contributed by atoms with van der Waals surface area (Å²) in [7, 11) is 1.71. The van der Waals surface area contributed by atoms with Crippen LogP contribution in [-0.4, -0.2) is 55.0 Å². The Balaban J connectivity index is 1.69. The van der Waals surface area contributed by atoms with Gasteiger partial charge >= 0.3 is 0 Å². The largest absolute Gasteiger partial charge is 0.470 e. The smallest absolute Gasteiger partial charge is 0.276 e. The zero-order valence-corrected chi connectivity index (χ0v) is 12.6. The number of carbonyl (C=O) groups is 1. The van der Waals surface area contributed by atoms with Gasteiger partial charge in [-0.2, -0.15) is 5.26 Å². The molecular formula is C14H15N7O2. The summed E-state index contributed by atoms with van der Waals surface area (Å²) in [5, 5.41) is 16.6. The third-order valence-corrected chi connectivity index (χ3v) is 3.54. The first-order chi connectivity index (χ1) is 11.2. The molecule has 0 bridgehead atoms. The number of nitrogens with zero attached hydrogens (tertiary/aromatic N) is 7. The topological polar surface area (TPSA) is 110 Å². The second kappa shape index (κ2) is 6.39. The Morgan fingerprint density at radius 2 is 2.26 bits per heavy atom. The van der Waals surface area contributed by atoms with Crippen LogP contribution < -0.4 is 4.74 Å². The van der Waals surface area contributed by atoms with Gasteiger partial charge < -0.3 is 9.64 Å². The van der Waals surface area contributed by atoms with Gasteiger partial charge in [-0.15, -0.1) is 5.10 Å². The van der Waals surface area contributed by atoms with E-state index >= 15 is 0 Å². The van der Waals surface area contributed by atoms with Crippen LogP contribution in [0.1, 0.15) is 29.0 Å². The van der Waals surface area contributed by atoms with Crippen molar-refractivity contribution in [3.63, 3.8) is 0 Å². The lowest BCUT2D eigenvalue weighted by Crippen LogP contribution is -2.44. The highest BCUT2D eigenvalue weighted by molar-refractivity contribution is 5.92. The fourth-order valence-corrected chi connectivity index (χ4v) is 2.47. The van der Waals surface area contributed by atoms with Crippen LogP contribution in [0.5, 0.6) is 5.88 Å². The summed E-state index contributed by atoms with van der Waals surface area (Å²) in [5.41, 5.74) is 0.454. The molecule has 23 heavy (non-hydrogen) atoms. The van der Waals surface area contributed by atoms with Crippen molar-refractivity contribution in [1.82, 2.24) is 29.9 Å². The summed E-state index contributed by atoms with van der Waals surface area (Å²) in [5.74, 6) is 0.0276. The van der Waals surface area contributed by atoms with Crippen LogP contribution >= 0.6 is 0 Å². The average molecular weight is 313 g/mol. The molecule has 1 unspecified atom stereocenters. The summed E-state index contributed by atoms with van der Waals surface area (Å²) in [6.45, 7) is 1.05. The van der Waals surface area contributed by atoms with Crippen LogP contribution in [-0.2, 0) is 7.05 Å². The molecule has 9 nitrogen and oxygen atoms in total. The number of likely N-dealkylation sites (tertiary alicyclic amines) is 1. The lowest BCUT2D eigenvalue weighted by Gasteiger charge is -2.32. The van der Waals surface area contributed by atoms with E-state index in [2.05, 4.69) is 20.3 Å². The number of hydrogen-bond donors (Lipinski definition) is 0. The van der Waals surface area contributed by atoms with Gasteiger partial charge in [0, 0.05) is 26.0 Å². The maximum atomic E-state index is 12.4. The SMILES string of the molecule is Cn1cc(C(=O)N2CCCC(Oc3nccnc3C#N)C2)nn1. The molecule has 118 valence electrons. The van der Waals surface area contributed by atoms with Gasteiger partial charge in [-0.3, -0.25) is 9.48 Å². The van der Waals surface area contributed by atoms with Gasteiger partial charge in [-0.05, 0) is 12.8 Å². The van der Waals surface area contributed by atoms with E-state index in [9.17, 15) is 4.79 Å². The number of ether oxygens (including phenoxy) is 1. The Morgan fingerprint density at radius 3 is 3.00 bits per heavy atom. The van der Waals surface area contributed by atoms with Gasteiger partial charge in [-0.25, -0.2) is 9.97 Å². The Labute approximate surface area is 132 Å². The zero-order chi connectivity index (χ0) is 16.2. The van der Waals surface area contributed by atoms with Crippen LogP contribution in [0.25, 0.3) is 0 Å². The highest BCUT2D eigenvalue weighted by atomic mass is 16.5. The molecule has 1 atom stereocenters. The number of aromatic nitrogens is 5. The number of amides is 1. The quantitative estimate of drug-likeness (QED) is 0.793. The van der Waals surface area contributed by atoms with Crippen LogP contribution in [0.15, 0.2) is 18.6 Å². The Morgan fingerprint density at radius 1 is 1.43 bits per heavy atom. The molecule has 0 aromatic carbocycles. The van der Waals surface area contributed by atoms with Crippen molar-refractivity contribution in [2.24, 2.45) is 7.05 Å². The molecule has 0 saturated carbocycles. The molecule has 0 spiro atoms. The monoisotopic (exact) mass is 313 g/mol. The average Bonchev–Trinajstić information content (AvgIpc) is 3.01. The molecule has 3 heterocycles. The Bertz CT molecular complexity index is 752. The molecule has 1 aliphatic heterocycles. The minimum Gasteiger partial charge on any atom is -0.470 e. The maximum absolute atomic E-state index is 12.4. The van der Waals surface area contributed by atoms with Gasteiger partial charge in [0.15, 0.2) is 5.69 Å². The molecular weight excluding hydrogens is 298 g/mol. The number of hydrogen-bond acceptors (Lipinski definition) is 7. The van der Waals surface area contributed by atoms with Crippen LogP contribution in [0.4, 0.5) is 0 Å². The Hall–Kier alpha value is -3.02. The first kappa shape index (κ1) is 14.9. The minimum absolute atomic E-state index is 0.143. The van der Waals surface area contributed by atoms with Crippen molar-refractivity contribution in [3.05, 3.63) is 30.0 Å². The van der Waals surface area contributed by atoms with E-state index in [0.29, 0.717) is 18.8 Å². The minimum atomic E-state index is -0.229. The summed E-state index contributed by atoms with van der Waals surface area (Å²) in [4.78, 5) is 22.0. The van der Waals surface area contributed by atoms with E-state index in [-0.39, 0.29) is 23.6 Å². The highest BCUT2D eigenvalue weighted by Gasteiger charge is 2.28. The molecule has 3 rings (SSSR count). The number of piperidine rings is 1. The van der Waals surface area contributed by atoms with Crippen LogP contribution in [0.2, 0.25) is 0 Å². The van der Waals surface area contributed by atoms with E-state index in [4.69, 9.17) is 10.00 Å². The summed E-state index contributed by atoms with van der Waals surface area (Å²) in [6.07, 6.45) is 5.86. The molecule has 1 amide bonds. The van der Waals surface area contributed by atoms with Crippen molar-refractivity contribution in [1.29, 1.82) is 5.26 Å². The van der Waals surface area contributed by atoms with Crippen molar-refractivity contribution >= 4 is 5.91 Å². The number of aryl methyl sites for hydroxylation is 1. The first-order valence-corrected chi connectivity index (χ1v) is 7.20. The van der Waals surface area contributed by atoms with Crippen LogP contribution in [0.3, 0.4) is 0 Å². The van der Waals surface area contributed by atoms with Gasteiger partial charge in [0.2, 0.25) is 5.69 Å². The van der Waals surface area contributed by atoms with E-state index in [1.165, 1.54) is 17.1 Å². The zero-order valence-electron chi connectivity index (χ0n) is 12.6. The first-order valence-electron chi connectivity index (χ1n) is 7.20. The number of carbonyl (C=O) groups excluding carboxylic acids is 1.